The van der Waals surface area contributed by atoms with E-state index in [-0.39, 0.29) is 17.6 Å². The summed E-state index contributed by atoms with van der Waals surface area (Å²) in [5, 5.41) is 10.9. The Labute approximate surface area is 125 Å². The molecular formula is C13H15BrN2O4. The van der Waals surface area contributed by atoms with Gasteiger partial charge in [-0.3, -0.25) is 14.9 Å². The van der Waals surface area contributed by atoms with Crippen LogP contribution in [-0.4, -0.2) is 42.0 Å². The summed E-state index contributed by atoms with van der Waals surface area (Å²) in [7, 11) is 1.58. The van der Waals surface area contributed by atoms with Gasteiger partial charge in [0.2, 0.25) is 0 Å². The normalized spacial score (nSPS) is 14.1. The van der Waals surface area contributed by atoms with E-state index in [0.717, 1.165) is 12.8 Å². The van der Waals surface area contributed by atoms with E-state index in [1.165, 1.54) is 12.1 Å². The van der Waals surface area contributed by atoms with Crippen LogP contribution >= 0.6 is 15.9 Å². The molecule has 0 unspecified atom stereocenters. The summed E-state index contributed by atoms with van der Waals surface area (Å²) in [4.78, 5) is 24.6. The largest absolute Gasteiger partial charge is 0.383 e. The molecule has 0 spiro atoms. The Kier molecular flexibility index (Phi) is 4.72. The van der Waals surface area contributed by atoms with E-state index in [1.807, 2.05) is 0 Å². The van der Waals surface area contributed by atoms with Gasteiger partial charge in [0.1, 0.15) is 0 Å². The second-order valence-electron chi connectivity index (χ2n) is 4.65. The van der Waals surface area contributed by atoms with Crippen molar-refractivity contribution in [2.75, 3.05) is 20.3 Å². The van der Waals surface area contributed by atoms with Gasteiger partial charge in [-0.15, -0.1) is 0 Å². The molecule has 6 nitrogen and oxygen atoms in total. The molecule has 0 bridgehead atoms. The van der Waals surface area contributed by atoms with Crippen molar-refractivity contribution in [2.45, 2.75) is 18.9 Å². The monoisotopic (exact) mass is 342 g/mol. The molecule has 0 radical (unpaired) electrons. The molecule has 7 heteroatoms. The van der Waals surface area contributed by atoms with Gasteiger partial charge in [0.05, 0.1) is 16.0 Å². The van der Waals surface area contributed by atoms with Crippen molar-refractivity contribution < 1.29 is 14.5 Å². The van der Waals surface area contributed by atoms with Crippen molar-refractivity contribution in [1.82, 2.24) is 4.90 Å². The lowest BCUT2D eigenvalue weighted by Crippen LogP contribution is -2.35. The molecule has 1 fully saturated rings. The van der Waals surface area contributed by atoms with Gasteiger partial charge in [-0.05, 0) is 40.9 Å². The van der Waals surface area contributed by atoms with Crippen LogP contribution in [0.3, 0.4) is 0 Å². The van der Waals surface area contributed by atoms with E-state index >= 15 is 0 Å². The minimum absolute atomic E-state index is 0.0988. The van der Waals surface area contributed by atoms with Gasteiger partial charge in [-0.25, -0.2) is 0 Å². The molecule has 1 aromatic carbocycles. The molecule has 20 heavy (non-hydrogen) atoms. The first-order valence-corrected chi connectivity index (χ1v) is 7.07. The van der Waals surface area contributed by atoms with Gasteiger partial charge < -0.3 is 9.64 Å². The molecule has 1 aliphatic rings. The van der Waals surface area contributed by atoms with E-state index in [9.17, 15) is 14.9 Å². The molecule has 1 amide bonds. The number of nitro benzene ring substituents is 1. The molecule has 0 heterocycles. The van der Waals surface area contributed by atoms with Crippen molar-refractivity contribution in [3.63, 3.8) is 0 Å². The Bertz CT molecular complexity index is 531. The number of amides is 1. The zero-order valence-corrected chi connectivity index (χ0v) is 12.6. The van der Waals surface area contributed by atoms with Gasteiger partial charge in [-0.1, -0.05) is 0 Å². The molecule has 0 atom stereocenters. The minimum Gasteiger partial charge on any atom is -0.383 e. The lowest BCUT2D eigenvalue weighted by molar-refractivity contribution is -0.385. The highest BCUT2D eigenvalue weighted by Gasteiger charge is 2.33. The molecular weight excluding hydrogens is 328 g/mol. The highest BCUT2D eigenvalue weighted by Crippen LogP contribution is 2.30. The lowest BCUT2D eigenvalue weighted by Gasteiger charge is -2.22. The average Bonchev–Trinajstić information content (AvgIpc) is 3.23. The SMILES string of the molecule is COCCN(C(=O)c1ccc(Br)c([N+](=O)[O-])c1)C1CC1. The number of halogens is 1. The molecule has 1 aromatic rings. The number of rotatable bonds is 6. The topological polar surface area (TPSA) is 72.7 Å². The molecule has 2 rings (SSSR count). The number of nitrogens with zero attached hydrogens (tertiary/aromatic N) is 2. The molecule has 0 saturated heterocycles. The van der Waals surface area contributed by atoms with E-state index in [2.05, 4.69) is 15.9 Å². The van der Waals surface area contributed by atoms with Gasteiger partial charge in [0, 0.05) is 31.3 Å². The highest BCUT2D eigenvalue weighted by molar-refractivity contribution is 9.10. The van der Waals surface area contributed by atoms with Crippen LogP contribution in [0.1, 0.15) is 23.2 Å². The maximum absolute atomic E-state index is 12.5. The van der Waals surface area contributed by atoms with Crippen LogP contribution in [0.5, 0.6) is 0 Å². The summed E-state index contributed by atoms with van der Waals surface area (Å²) in [6.07, 6.45) is 1.96. The summed E-state index contributed by atoms with van der Waals surface area (Å²) in [5.41, 5.74) is 0.237. The van der Waals surface area contributed by atoms with Gasteiger partial charge in [-0.2, -0.15) is 0 Å². The maximum atomic E-state index is 12.5. The molecule has 0 aliphatic heterocycles. The summed E-state index contributed by atoms with van der Waals surface area (Å²) in [6.45, 7) is 0.963. The van der Waals surface area contributed by atoms with Crippen molar-refractivity contribution in [3.05, 3.63) is 38.3 Å². The van der Waals surface area contributed by atoms with E-state index in [0.29, 0.717) is 23.2 Å². The van der Waals surface area contributed by atoms with Crippen LogP contribution in [0, 0.1) is 10.1 Å². The summed E-state index contributed by atoms with van der Waals surface area (Å²) in [6, 6.07) is 4.68. The van der Waals surface area contributed by atoms with Crippen LogP contribution in [0.15, 0.2) is 22.7 Å². The number of benzene rings is 1. The van der Waals surface area contributed by atoms with Crippen LogP contribution in [0.2, 0.25) is 0 Å². The second kappa shape index (κ2) is 6.32. The fraction of sp³-hybridized carbons (Fsp3) is 0.462. The first kappa shape index (κ1) is 14.9. The van der Waals surface area contributed by atoms with Crippen LogP contribution in [-0.2, 0) is 4.74 Å². The number of hydrogen-bond acceptors (Lipinski definition) is 4. The summed E-state index contributed by atoms with van der Waals surface area (Å²) < 4.78 is 5.38. The van der Waals surface area contributed by atoms with Crippen molar-refractivity contribution >= 4 is 27.5 Å². The first-order chi connectivity index (χ1) is 9.54. The Morgan fingerprint density at radius 3 is 2.80 bits per heavy atom. The Balaban J connectivity index is 2.22. The quantitative estimate of drug-likeness (QED) is 0.588. The molecule has 0 aromatic heterocycles. The van der Waals surface area contributed by atoms with Gasteiger partial charge in [0.25, 0.3) is 11.6 Å². The molecule has 1 saturated carbocycles. The summed E-state index contributed by atoms with van der Waals surface area (Å²) in [5.74, 6) is -0.180. The zero-order chi connectivity index (χ0) is 14.7. The number of carbonyl (C=O) groups is 1. The predicted octanol–water partition coefficient (Wildman–Crippen LogP) is 2.61. The Hall–Kier alpha value is -1.47. The van der Waals surface area contributed by atoms with Crippen molar-refractivity contribution in [1.29, 1.82) is 0 Å². The third kappa shape index (κ3) is 3.34. The summed E-state index contributed by atoms with van der Waals surface area (Å²) >= 11 is 3.11. The Morgan fingerprint density at radius 2 is 2.25 bits per heavy atom. The lowest BCUT2D eigenvalue weighted by atomic mass is 10.1. The van der Waals surface area contributed by atoms with Gasteiger partial charge in [0.15, 0.2) is 0 Å². The van der Waals surface area contributed by atoms with Crippen molar-refractivity contribution in [2.24, 2.45) is 0 Å². The van der Waals surface area contributed by atoms with Crippen LogP contribution < -0.4 is 0 Å². The zero-order valence-electron chi connectivity index (χ0n) is 11.0. The van der Waals surface area contributed by atoms with E-state index < -0.39 is 4.92 Å². The van der Waals surface area contributed by atoms with E-state index in [1.54, 1.807) is 18.1 Å². The second-order valence-corrected chi connectivity index (χ2v) is 5.50. The predicted molar refractivity (Wildman–Crippen MR) is 76.7 cm³/mol. The van der Waals surface area contributed by atoms with Crippen LogP contribution in [0.4, 0.5) is 5.69 Å². The number of hydrogen-bond donors (Lipinski definition) is 0. The fourth-order valence-corrected chi connectivity index (χ4v) is 2.37. The first-order valence-electron chi connectivity index (χ1n) is 6.28. The molecule has 108 valence electrons. The maximum Gasteiger partial charge on any atom is 0.284 e. The average molecular weight is 343 g/mol. The molecule has 0 N–H and O–H groups in total. The number of carbonyl (C=O) groups excluding carboxylic acids is 1. The standard InChI is InChI=1S/C13H15BrN2O4/c1-20-7-6-15(10-3-4-10)13(17)9-2-5-11(14)12(8-9)16(18)19/h2,5,8,10H,3-4,6-7H2,1H3. The fourth-order valence-electron chi connectivity index (χ4n) is 1.98. The van der Waals surface area contributed by atoms with E-state index in [4.69, 9.17) is 4.74 Å². The number of methoxy groups -OCH3 is 1. The van der Waals surface area contributed by atoms with Crippen LogP contribution in [0.25, 0.3) is 0 Å². The minimum atomic E-state index is -0.502. The number of nitro groups is 1. The third-order valence-electron chi connectivity index (χ3n) is 3.17. The Morgan fingerprint density at radius 1 is 1.55 bits per heavy atom. The smallest absolute Gasteiger partial charge is 0.284 e. The third-order valence-corrected chi connectivity index (χ3v) is 3.85. The highest BCUT2D eigenvalue weighted by atomic mass is 79.9. The van der Waals surface area contributed by atoms with Crippen molar-refractivity contribution in [3.8, 4) is 0 Å². The van der Waals surface area contributed by atoms with Gasteiger partial charge >= 0.3 is 0 Å². The molecule has 1 aliphatic carbocycles. The number of ether oxygens (including phenoxy) is 1.